The molecular weight excluding hydrogens is 352 g/mol. The Hall–Kier alpha value is -1.06. The molecule has 0 heterocycles. The maximum atomic E-state index is 12.0. The lowest BCUT2D eigenvalue weighted by molar-refractivity contribution is -0.157. The van der Waals surface area contributed by atoms with Gasteiger partial charge in [0.2, 0.25) is 0 Å². The Balaban J connectivity index is 4.19. The molecule has 0 aliphatic heterocycles. The molecule has 0 amide bonds. The van der Waals surface area contributed by atoms with Crippen LogP contribution in [-0.2, 0) is 9.59 Å². The molecule has 28 heavy (non-hydrogen) atoms. The van der Waals surface area contributed by atoms with Crippen LogP contribution in [0.25, 0.3) is 0 Å². The first kappa shape index (κ1) is 26.9. The van der Waals surface area contributed by atoms with Gasteiger partial charge in [-0.05, 0) is 12.8 Å². The summed E-state index contributed by atoms with van der Waals surface area (Å²) >= 11 is 0. The minimum atomic E-state index is -1.07. The van der Waals surface area contributed by atoms with Crippen LogP contribution in [0.15, 0.2) is 0 Å². The number of aliphatic carboxylic acids is 2. The number of hydrogen-bond acceptors (Lipinski definition) is 2. The van der Waals surface area contributed by atoms with E-state index < -0.39 is 17.4 Å². The highest BCUT2D eigenvalue weighted by molar-refractivity contribution is 5.81. The predicted octanol–water partition coefficient (Wildman–Crippen LogP) is 7.59. The second-order valence-electron chi connectivity index (χ2n) is 8.61. The first-order chi connectivity index (χ1) is 13.5. The van der Waals surface area contributed by atoms with Gasteiger partial charge < -0.3 is 10.2 Å². The number of carboxylic acid groups (broad SMARTS) is 2. The molecular formula is C24H46O4. The van der Waals surface area contributed by atoms with Gasteiger partial charge in [-0.15, -0.1) is 0 Å². The molecule has 0 aliphatic rings. The van der Waals surface area contributed by atoms with Crippen LogP contribution in [0.1, 0.15) is 136 Å². The predicted molar refractivity (Wildman–Crippen MR) is 117 cm³/mol. The second-order valence-corrected chi connectivity index (χ2v) is 8.61. The summed E-state index contributed by atoms with van der Waals surface area (Å²) in [7, 11) is 0. The molecule has 0 saturated heterocycles. The smallest absolute Gasteiger partial charge is 0.310 e. The fourth-order valence-corrected chi connectivity index (χ4v) is 4.08. The number of unbranched alkanes of at least 4 members (excludes halogenated alkanes) is 14. The zero-order valence-electron chi connectivity index (χ0n) is 18.6. The van der Waals surface area contributed by atoms with Gasteiger partial charge >= 0.3 is 11.9 Å². The second kappa shape index (κ2) is 18.0. The highest BCUT2D eigenvalue weighted by Crippen LogP contribution is 2.36. The maximum absolute atomic E-state index is 12.0. The molecule has 0 aromatic rings. The van der Waals surface area contributed by atoms with Crippen molar-refractivity contribution in [3.63, 3.8) is 0 Å². The zero-order valence-corrected chi connectivity index (χ0v) is 18.6. The number of hydrogen-bond donors (Lipinski definition) is 2. The molecule has 1 unspecified atom stereocenters. The number of carbonyl (C=O) groups is 2. The molecule has 2 N–H and O–H groups in total. The van der Waals surface area contributed by atoms with E-state index in [0.29, 0.717) is 12.8 Å². The van der Waals surface area contributed by atoms with Crippen molar-refractivity contribution in [2.45, 2.75) is 136 Å². The van der Waals surface area contributed by atoms with Gasteiger partial charge in [-0.1, -0.05) is 117 Å². The van der Waals surface area contributed by atoms with E-state index >= 15 is 0 Å². The largest absolute Gasteiger partial charge is 0.481 e. The molecule has 0 fully saturated rings. The maximum Gasteiger partial charge on any atom is 0.310 e. The average Bonchev–Trinajstić information content (AvgIpc) is 2.65. The van der Waals surface area contributed by atoms with Crippen molar-refractivity contribution in [3.8, 4) is 0 Å². The molecule has 0 radical (unpaired) electrons. The first-order valence-corrected chi connectivity index (χ1v) is 11.9. The van der Waals surface area contributed by atoms with Gasteiger partial charge in [-0.3, -0.25) is 9.59 Å². The fraction of sp³-hybridized carbons (Fsp3) is 0.917. The van der Waals surface area contributed by atoms with Crippen molar-refractivity contribution in [3.05, 3.63) is 0 Å². The van der Waals surface area contributed by atoms with Crippen LogP contribution in [0.5, 0.6) is 0 Å². The van der Waals surface area contributed by atoms with E-state index in [0.717, 1.165) is 38.5 Å². The van der Waals surface area contributed by atoms with Crippen LogP contribution in [0, 0.1) is 5.41 Å². The van der Waals surface area contributed by atoms with Crippen LogP contribution in [0.3, 0.4) is 0 Å². The molecule has 0 saturated carbocycles. The third kappa shape index (κ3) is 14.0. The lowest BCUT2D eigenvalue weighted by atomic mass is 9.75. The molecule has 0 aliphatic carbocycles. The van der Waals surface area contributed by atoms with Crippen molar-refractivity contribution in [1.29, 1.82) is 0 Å². The quantitative estimate of drug-likeness (QED) is 0.195. The number of rotatable bonds is 21. The molecule has 0 aromatic carbocycles. The third-order valence-electron chi connectivity index (χ3n) is 5.96. The molecule has 0 aromatic heterocycles. The molecule has 4 heteroatoms. The van der Waals surface area contributed by atoms with E-state index in [-0.39, 0.29) is 6.42 Å². The van der Waals surface area contributed by atoms with E-state index in [1.54, 1.807) is 0 Å². The van der Waals surface area contributed by atoms with Gasteiger partial charge in [0.1, 0.15) is 0 Å². The van der Waals surface area contributed by atoms with Crippen LogP contribution < -0.4 is 0 Å². The Labute approximate surface area is 173 Å². The normalized spacial score (nSPS) is 13.4. The Morgan fingerprint density at radius 2 is 0.893 bits per heavy atom. The van der Waals surface area contributed by atoms with Crippen molar-refractivity contribution in [2.75, 3.05) is 0 Å². The van der Waals surface area contributed by atoms with Crippen LogP contribution in [0.4, 0.5) is 0 Å². The number of carboxylic acids is 2. The summed E-state index contributed by atoms with van der Waals surface area (Å²) in [5.41, 5.74) is -1.07. The summed E-state index contributed by atoms with van der Waals surface area (Å²) in [6.45, 7) is 4.41. The van der Waals surface area contributed by atoms with E-state index in [2.05, 4.69) is 13.8 Å². The first-order valence-electron chi connectivity index (χ1n) is 11.9. The van der Waals surface area contributed by atoms with Gasteiger partial charge in [0.15, 0.2) is 0 Å². The summed E-state index contributed by atoms with van der Waals surface area (Å²) in [5, 5.41) is 19.1. The lowest BCUT2D eigenvalue weighted by Crippen LogP contribution is -2.33. The van der Waals surface area contributed by atoms with E-state index in [1.807, 2.05) is 0 Å². The van der Waals surface area contributed by atoms with Crippen LogP contribution in [-0.4, -0.2) is 22.2 Å². The lowest BCUT2D eigenvalue weighted by Gasteiger charge is -2.28. The fourth-order valence-electron chi connectivity index (χ4n) is 4.08. The zero-order chi connectivity index (χ0) is 21.1. The standard InChI is InChI=1S/C24H46O4/c1-3-5-7-9-11-12-13-14-16-18-20-24(23(27)28,21-22(25)26)19-17-15-10-8-6-4-2/h3-21H2,1-2H3,(H,25,26)(H,27,28). The molecule has 1 atom stereocenters. The van der Waals surface area contributed by atoms with Gasteiger partial charge in [-0.2, -0.15) is 0 Å². The summed E-state index contributed by atoms with van der Waals surface area (Å²) < 4.78 is 0. The molecule has 166 valence electrons. The van der Waals surface area contributed by atoms with Gasteiger partial charge in [0.05, 0.1) is 11.8 Å². The average molecular weight is 399 g/mol. The van der Waals surface area contributed by atoms with Gasteiger partial charge in [0.25, 0.3) is 0 Å². The topological polar surface area (TPSA) is 74.6 Å². The summed E-state index contributed by atoms with van der Waals surface area (Å²) in [4.78, 5) is 23.3. The molecule has 0 rings (SSSR count). The third-order valence-corrected chi connectivity index (χ3v) is 5.96. The molecule has 0 bridgehead atoms. The molecule has 0 spiro atoms. The summed E-state index contributed by atoms with van der Waals surface area (Å²) in [5.74, 6) is -1.90. The summed E-state index contributed by atoms with van der Waals surface area (Å²) in [6.07, 6.45) is 19.3. The van der Waals surface area contributed by atoms with Crippen molar-refractivity contribution in [2.24, 2.45) is 5.41 Å². The van der Waals surface area contributed by atoms with Crippen molar-refractivity contribution in [1.82, 2.24) is 0 Å². The van der Waals surface area contributed by atoms with Crippen molar-refractivity contribution < 1.29 is 19.8 Å². The Morgan fingerprint density at radius 1 is 0.571 bits per heavy atom. The van der Waals surface area contributed by atoms with Gasteiger partial charge in [-0.25, -0.2) is 0 Å². The monoisotopic (exact) mass is 398 g/mol. The van der Waals surface area contributed by atoms with E-state index in [4.69, 9.17) is 0 Å². The minimum absolute atomic E-state index is 0.241. The van der Waals surface area contributed by atoms with E-state index in [9.17, 15) is 19.8 Å². The van der Waals surface area contributed by atoms with Gasteiger partial charge in [0, 0.05) is 0 Å². The molecule has 4 nitrogen and oxygen atoms in total. The van der Waals surface area contributed by atoms with E-state index in [1.165, 1.54) is 64.2 Å². The highest BCUT2D eigenvalue weighted by Gasteiger charge is 2.39. The van der Waals surface area contributed by atoms with Crippen molar-refractivity contribution >= 4 is 11.9 Å². The minimum Gasteiger partial charge on any atom is -0.481 e. The Kier molecular flexibility index (Phi) is 17.3. The Bertz CT molecular complexity index is 394. The van der Waals surface area contributed by atoms with Crippen LogP contribution >= 0.6 is 0 Å². The summed E-state index contributed by atoms with van der Waals surface area (Å²) in [6, 6.07) is 0. The SMILES string of the molecule is CCCCCCCCCCCCC(CCCCCCCC)(CC(=O)O)C(=O)O. The van der Waals surface area contributed by atoms with Crippen LogP contribution in [0.2, 0.25) is 0 Å². The highest BCUT2D eigenvalue weighted by atomic mass is 16.4. The Morgan fingerprint density at radius 3 is 1.18 bits per heavy atom.